The molecule has 1 atom stereocenters. The number of amides is 1. The molecule has 0 aliphatic rings. The summed E-state index contributed by atoms with van der Waals surface area (Å²) in [5.74, 6) is 0.0969. The van der Waals surface area contributed by atoms with Crippen molar-refractivity contribution in [2.75, 3.05) is 6.54 Å². The standard InChI is InChI=1S/C20H22N2O2/c1-3-14(2)20(24)21-12-13-22-17-10-6-4-8-15(17)19(23)16-9-5-7-11-18(16)22/h4-11,14H,3,12-13H2,1-2H3,(H,21,24). The molecule has 0 saturated carbocycles. The van der Waals surface area contributed by atoms with Crippen molar-refractivity contribution < 1.29 is 4.79 Å². The first kappa shape index (κ1) is 16.2. The highest BCUT2D eigenvalue weighted by atomic mass is 16.1. The Morgan fingerprint density at radius 3 is 2.12 bits per heavy atom. The lowest BCUT2D eigenvalue weighted by Gasteiger charge is -2.16. The van der Waals surface area contributed by atoms with Crippen LogP contribution in [0.1, 0.15) is 20.3 Å². The molecule has 0 aliphatic heterocycles. The third kappa shape index (κ3) is 2.92. The van der Waals surface area contributed by atoms with Gasteiger partial charge >= 0.3 is 0 Å². The van der Waals surface area contributed by atoms with Crippen molar-refractivity contribution in [2.45, 2.75) is 26.8 Å². The van der Waals surface area contributed by atoms with Gasteiger partial charge in [-0.3, -0.25) is 9.59 Å². The van der Waals surface area contributed by atoms with E-state index in [1.165, 1.54) is 0 Å². The molecule has 1 amide bonds. The smallest absolute Gasteiger partial charge is 0.222 e. The van der Waals surface area contributed by atoms with Gasteiger partial charge in [0, 0.05) is 29.8 Å². The maximum atomic E-state index is 12.7. The molecule has 124 valence electrons. The van der Waals surface area contributed by atoms with E-state index >= 15 is 0 Å². The zero-order chi connectivity index (χ0) is 17.1. The van der Waals surface area contributed by atoms with Crippen molar-refractivity contribution in [2.24, 2.45) is 5.92 Å². The number of hydrogen-bond donors (Lipinski definition) is 1. The number of hydrogen-bond acceptors (Lipinski definition) is 2. The second-order valence-electron chi connectivity index (χ2n) is 6.12. The van der Waals surface area contributed by atoms with Gasteiger partial charge in [0.1, 0.15) is 0 Å². The van der Waals surface area contributed by atoms with Gasteiger partial charge in [-0.2, -0.15) is 0 Å². The van der Waals surface area contributed by atoms with Crippen molar-refractivity contribution in [1.29, 1.82) is 0 Å². The van der Waals surface area contributed by atoms with E-state index in [1.54, 1.807) is 0 Å². The molecule has 2 aromatic carbocycles. The molecule has 3 aromatic rings. The van der Waals surface area contributed by atoms with E-state index < -0.39 is 0 Å². The Balaban J connectivity index is 2.01. The Morgan fingerprint density at radius 1 is 1.04 bits per heavy atom. The van der Waals surface area contributed by atoms with Crippen LogP contribution in [-0.2, 0) is 11.3 Å². The molecule has 3 rings (SSSR count). The quantitative estimate of drug-likeness (QED) is 0.733. The fourth-order valence-electron chi connectivity index (χ4n) is 2.97. The minimum absolute atomic E-state index is 0.0208. The van der Waals surface area contributed by atoms with Gasteiger partial charge in [-0.05, 0) is 30.7 Å². The van der Waals surface area contributed by atoms with Crippen molar-refractivity contribution in [3.8, 4) is 0 Å². The van der Waals surface area contributed by atoms with Crippen LogP contribution < -0.4 is 10.7 Å². The maximum Gasteiger partial charge on any atom is 0.222 e. The minimum Gasteiger partial charge on any atom is -0.354 e. The van der Waals surface area contributed by atoms with Crippen molar-refractivity contribution in [3.63, 3.8) is 0 Å². The molecule has 0 fully saturated rings. The number of benzene rings is 2. The number of nitrogens with zero attached hydrogens (tertiary/aromatic N) is 1. The van der Waals surface area contributed by atoms with Crippen LogP contribution in [0, 0.1) is 5.92 Å². The highest BCUT2D eigenvalue weighted by molar-refractivity contribution is 5.93. The Kier molecular flexibility index (Phi) is 4.65. The van der Waals surface area contributed by atoms with E-state index in [0.29, 0.717) is 23.9 Å². The predicted molar refractivity (Wildman–Crippen MR) is 98.2 cm³/mol. The van der Waals surface area contributed by atoms with Crippen molar-refractivity contribution >= 4 is 27.7 Å². The summed E-state index contributed by atoms with van der Waals surface area (Å²) >= 11 is 0. The van der Waals surface area contributed by atoms with Gasteiger partial charge < -0.3 is 9.88 Å². The molecule has 0 aliphatic carbocycles. The summed E-state index contributed by atoms with van der Waals surface area (Å²) in [4.78, 5) is 24.6. The van der Waals surface area contributed by atoms with Crippen LogP contribution >= 0.6 is 0 Å². The molecule has 1 heterocycles. The van der Waals surface area contributed by atoms with Gasteiger partial charge in [0.2, 0.25) is 5.91 Å². The van der Waals surface area contributed by atoms with Crippen LogP contribution in [0.25, 0.3) is 21.8 Å². The number of rotatable bonds is 5. The fourth-order valence-corrected chi connectivity index (χ4v) is 2.97. The van der Waals surface area contributed by atoms with E-state index in [1.807, 2.05) is 62.4 Å². The van der Waals surface area contributed by atoms with Crippen LogP contribution in [0.2, 0.25) is 0 Å². The van der Waals surface area contributed by atoms with E-state index in [4.69, 9.17) is 0 Å². The Morgan fingerprint density at radius 2 is 1.58 bits per heavy atom. The summed E-state index contributed by atoms with van der Waals surface area (Å²) in [6.07, 6.45) is 0.829. The lowest BCUT2D eigenvalue weighted by molar-refractivity contribution is -0.124. The first-order chi connectivity index (χ1) is 11.6. The number of carbonyl (C=O) groups is 1. The third-order valence-corrected chi connectivity index (χ3v) is 4.57. The van der Waals surface area contributed by atoms with Gasteiger partial charge in [0.05, 0.1) is 11.0 Å². The molecular weight excluding hydrogens is 300 g/mol. The number of pyridine rings is 1. The Labute approximate surface area is 141 Å². The van der Waals surface area contributed by atoms with Crippen LogP contribution in [0.5, 0.6) is 0 Å². The molecule has 0 spiro atoms. The molecule has 0 radical (unpaired) electrons. The number of nitrogens with one attached hydrogen (secondary N) is 1. The molecule has 1 aromatic heterocycles. The summed E-state index contributed by atoms with van der Waals surface area (Å²) in [7, 11) is 0. The molecular formula is C20H22N2O2. The Bertz CT molecular complexity index is 883. The fraction of sp³-hybridized carbons (Fsp3) is 0.300. The average molecular weight is 322 g/mol. The third-order valence-electron chi connectivity index (χ3n) is 4.57. The van der Waals surface area contributed by atoms with E-state index in [0.717, 1.165) is 17.5 Å². The number of aromatic nitrogens is 1. The number of para-hydroxylation sites is 2. The minimum atomic E-state index is 0.0208. The second-order valence-corrected chi connectivity index (χ2v) is 6.12. The van der Waals surface area contributed by atoms with Gasteiger partial charge in [0.25, 0.3) is 0 Å². The van der Waals surface area contributed by atoms with Crippen LogP contribution in [0.4, 0.5) is 0 Å². The number of fused-ring (bicyclic) bond motifs is 2. The summed E-state index contributed by atoms with van der Waals surface area (Å²) in [5.41, 5.74) is 1.86. The van der Waals surface area contributed by atoms with Crippen LogP contribution in [0.15, 0.2) is 53.3 Å². The SMILES string of the molecule is CCC(C)C(=O)NCCn1c2ccccc2c(=O)c2ccccc21. The molecule has 4 nitrogen and oxygen atoms in total. The monoisotopic (exact) mass is 322 g/mol. The normalized spacial score (nSPS) is 12.4. The highest BCUT2D eigenvalue weighted by Crippen LogP contribution is 2.18. The lowest BCUT2D eigenvalue weighted by Crippen LogP contribution is -2.32. The van der Waals surface area contributed by atoms with Gasteiger partial charge in [-0.25, -0.2) is 0 Å². The topological polar surface area (TPSA) is 51.1 Å². The summed E-state index contributed by atoms with van der Waals surface area (Å²) in [6.45, 7) is 5.11. The summed E-state index contributed by atoms with van der Waals surface area (Å²) < 4.78 is 2.11. The highest BCUT2D eigenvalue weighted by Gasteiger charge is 2.12. The predicted octanol–water partition coefficient (Wildman–Crippen LogP) is 3.32. The van der Waals surface area contributed by atoms with Gasteiger partial charge in [-0.1, -0.05) is 38.1 Å². The van der Waals surface area contributed by atoms with Crippen LogP contribution in [-0.4, -0.2) is 17.0 Å². The van der Waals surface area contributed by atoms with Crippen molar-refractivity contribution in [1.82, 2.24) is 9.88 Å². The molecule has 1 N–H and O–H groups in total. The van der Waals surface area contributed by atoms with E-state index in [9.17, 15) is 9.59 Å². The lowest BCUT2D eigenvalue weighted by atomic mass is 10.1. The summed E-state index contributed by atoms with van der Waals surface area (Å²) in [5, 5.41) is 4.41. The molecule has 1 unspecified atom stereocenters. The maximum absolute atomic E-state index is 12.7. The molecule has 0 saturated heterocycles. The van der Waals surface area contributed by atoms with Crippen molar-refractivity contribution in [3.05, 3.63) is 58.8 Å². The molecule has 24 heavy (non-hydrogen) atoms. The zero-order valence-electron chi connectivity index (χ0n) is 14.1. The Hall–Kier alpha value is -2.62. The summed E-state index contributed by atoms with van der Waals surface area (Å²) in [6, 6.07) is 15.3. The molecule has 0 bridgehead atoms. The second kappa shape index (κ2) is 6.87. The molecule has 4 heteroatoms. The van der Waals surface area contributed by atoms with E-state index in [2.05, 4.69) is 9.88 Å². The zero-order valence-corrected chi connectivity index (χ0v) is 14.1. The van der Waals surface area contributed by atoms with E-state index in [-0.39, 0.29) is 17.3 Å². The first-order valence-electron chi connectivity index (χ1n) is 8.41. The average Bonchev–Trinajstić information content (AvgIpc) is 2.63. The van der Waals surface area contributed by atoms with Gasteiger partial charge in [-0.15, -0.1) is 0 Å². The first-order valence-corrected chi connectivity index (χ1v) is 8.41. The van der Waals surface area contributed by atoms with Gasteiger partial charge in [0.15, 0.2) is 5.43 Å². The van der Waals surface area contributed by atoms with Crippen LogP contribution in [0.3, 0.4) is 0 Å². The largest absolute Gasteiger partial charge is 0.354 e. The number of carbonyl (C=O) groups excluding carboxylic acids is 1.